The molecule has 1 heterocycles. The standard InChI is InChI=1S/C17H23NS/c1-12-8-9-18-17(19-12)15-6-7-16(17)11-14-5-3-2-4-13(14)10-15/h2-5,12,15-16,18H,6-11H2,1H3. The molecule has 1 aromatic carbocycles. The Balaban J connectivity index is 1.73. The monoisotopic (exact) mass is 273 g/mol. The summed E-state index contributed by atoms with van der Waals surface area (Å²) in [5, 5.41) is 4.79. The number of fused-ring (bicyclic) bond motifs is 1. The van der Waals surface area contributed by atoms with Crippen molar-refractivity contribution in [3.63, 3.8) is 0 Å². The molecule has 102 valence electrons. The van der Waals surface area contributed by atoms with Gasteiger partial charge in [-0.25, -0.2) is 0 Å². The summed E-state index contributed by atoms with van der Waals surface area (Å²) < 4.78 is 0. The Kier molecular flexibility index (Phi) is 2.93. The van der Waals surface area contributed by atoms with Gasteiger partial charge in [-0.2, -0.15) is 0 Å². The average Bonchev–Trinajstić information content (AvgIpc) is 2.62. The molecule has 1 spiro atoms. The molecule has 3 aliphatic rings. The quantitative estimate of drug-likeness (QED) is 0.775. The van der Waals surface area contributed by atoms with Gasteiger partial charge < -0.3 is 5.32 Å². The summed E-state index contributed by atoms with van der Waals surface area (Å²) in [5.74, 6) is 1.68. The molecule has 1 N–H and O–H groups in total. The van der Waals surface area contributed by atoms with E-state index in [1.807, 2.05) is 0 Å². The van der Waals surface area contributed by atoms with E-state index in [9.17, 15) is 0 Å². The first-order valence-corrected chi connectivity index (χ1v) is 8.65. The molecule has 0 radical (unpaired) electrons. The minimum atomic E-state index is 0.386. The Morgan fingerprint density at radius 2 is 1.68 bits per heavy atom. The molecule has 1 saturated heterocycles. The maximum atomic E-state index is 3.96. The number of hydrogen-bond donors (Lipinski definition) is 1. The van der Waals surface area contributed by atoms with Gasteiger partial charge in [0.05, 0.1) is 4.87 Å². The van der Waals surface area contributed by atoms with E-state index in [0.717, 1.165) is 17.1 Å². The molecule has 3 atom stereocenters. The van der Waals surface area contributed by atoms with Crippen LogP contribution in [0.15, 0.2) is 24.3 Å². The molecule has 1 saturated carbocycles. The van der Waals surface area contributed by atoms with Gasteiger partial charge in [0.1, 0.15) is 0 Å². The molecule has 0 amide bonds. The van der Waals surface area contributed by atoms with E-state index >= 15 is 0 Å². The third-order valence-electron chi connectivity index (χ3n) is 5.48. The summed E-state index contributed by atoms with van der Waals surface area (Å²) in [6, 6.07) is 9.16. The minimum absolute atomic E-state index is 0.386. The number of hydrogen-bond acceptors (Lipinski definition) is 2. The van der Waals surface area contributed by atoms with Crippen LogP contribution in [0, 0.1) is 11.8 Å². The van der Waals surface area contributed by atoms with Crippen LogP contribution in [0.1, 0.15) is 37.3 Å². The zero-order valence-electron chi connectivity index (χ0n) is 11.7. The third kappa shape index (κ3) is 1.87. The number of rotatable bonds is 0. The smallest absolute Gasteiger partial charge is 0.0711 e. The Bertz CT molecular complexity index is 451. The largest absolute Gasteiger partial charge is 0.302 e. The number of benzene rings is 1. The summed E-state index contributed by atoms with van der Waals surface area (Å²) in [6.45, 7) is 3.64. The van der Waals surface area contributed by atoms with Crippen LogP contribution in [0.4, 0.5) is 0 Å². The van der Waals surface area contributed by atoms with E-state index < -0.39 is 0 Å². The lowest BCUT2D eigenvalue weighted by atomic mass is 9.93. The van der Waals surface area contributed by atoms with E-state index in [1.165, 1.54) is 38.6 Å². The lowest BCUT2D eigenvalue weighted by Gasteiger charge is -2.45. The Morgan fingerprint density at radius 3 is 2.26 bits per heavy atom. The SMILES string of the molecule is CC1CCNC2(S1)C1CCC2Cc2ccccc2C1. The van der Waals surface area contributed by atoms with Crippen molar-refractivity contribution in [2.75, 3.05) is 6.54 Å². The van der Waals surface area contributed by atoms with Crippen molar-refractivity contribution in [1.29, 1.82) is 0 Å². The minimum Gasteiger partial charge on any atom is -0.302 e. The average molecular weight is 273 g/mol. The van der Waals surface area contributed by atoms with Gasteiger partial charge in [0.2, 0.25) is 0 Å². The summed E-state index contributed by atoms with van der Waals surface area (Å²) in [4.78, 5) is 0.386. The van der Waals surface area contributed by atoms with Crippen LogP contribution in [-0.4, -0.2) is 16.7 Å². The van der Waals surface area contributed by atoms with E-state index in [1.54, 1.807) is 11.1 Å². The van der Waals surface area contributed by atoms with Crippen LogP contribution in [0.5, 0.6) is 0 Å². The van der Waals surface area contributed by atoms with E-state index in [2.05, 4.69) is 48.3 Å². The fourth-order valence-electron chi connectivity index (χ4n) is 4.54. The Hall–Kier alpha value is -0.470. The van der Waals surface area contributed by atoms with Gasteiger partial charge in [0.15, 0.2) is 0 Å². The molecule has 19 heavy (non-hydrogen) atoms. The molecule has 2 fully saturated rings. The van der Waals surface area contributed by atoms with Crippen LogP contribution in [0.25, 0.3) is 0 Å². The highest BCUT2D eigenvalue weighted by molar-refractivity contribution is 8.01. The Labute approximate surface area is 120 Å². The van der Waals surface area contributed by atoms with Crippen LogP contribution >= 0.6 is 11.8 Å². The predicted molar refractivity (Wildman–Crippen MR) is 82.5 cm³/mol. The second kappa shape index (κ2) is 4.53. The summed E-state index contributed by atoms with van der Waals surface area (Å²) >= 11 is 2.26. The molecule has 2 bridgehead atoms. The lowest BCUT2D eigenvalue weighted by Crippen LogP contribution is -2.54. The van der Waals surface area contributed by atoms with Gasteiger partial charge in [0, 0.05) is 5.25 Å². The first-order chi connectivity index (χ1) is 9.28. The van der Waals surface area contributed by atoms with Crippen molar-refractivity contribution >= 4 is 11.8 Å². The van der Waals surface area contributed by atoms with E-state index in [0.29, 0.717) is 4.87 Å². The Morgan fingerprint density at radius 1 is 1.05 bits per heavy atom. The highest BCUT2D eigenvalue weighted by Crippen LogP contribution is 2.55. The van der Waals surface area contributed by atoms with Crippen molar-refractivity contribution < 1.29 is 0 Å². The topological polar surface area (TPSA) is 12.0 Å². The molecular formula is C17H23NS. The molecule has 2 heteroatoms. The van der Waals surface area contributed by atoms with Crippen molar-refractivity contribution in [2.45, 2.75) is 49.1 Å². The van der Waals surface area contributed by atoms with Crippen LogP contribution < -0.4 is 5.32 Å². The number of nitrogens with one attached hydrogen (secondary N) is 1. The van der Waals surface area contributed by atoms with Gasteiger partial charge in [-0.1, -0.05) is 31.2 Å². The summed E-state index contributed by atoms with van der Waals surface area (Å²) in [7, 11) is 0. The molecule has 4 rings (SSSR count). The molecule has 0 aromatic heterocycles. The molecular weight excluding hydrogens is 250 g/mol. The van der Waals surface area contributed by atoms with Crippen molar-refractivity contribution in [2.24, 2.45) is 11.8 Å². The molecule has 3 unspecified atom stereocenters. The number of thioether (sulfide) groups is 1. The van der Waals surface area contributed by atoms with Crippen molar-refractivity contribution in [3.05, 3.63) is 35.4 Å². The normalized spacial score (nSPS) is 41.0. The fraction of sp³-hybridized carbons (Fsp3) is 0.647. The third-order valence-corrected chi connectivity index (χ3v) is 7.32. The van der Waals surface area contributed by atoms with Crippen molar-refractivity contribution in [3.8, 4) is 0 Å². The second-order valence-corrected chi connectivity index (χ2v) is 8.30. The van der Waals surface area contributed by atoms with Gasteiger partial charge in [-0.15, -0.1) is 11.8 Å². The summed E-state index contributed by atoms with van der Waals surface area (Å²) in [6.07, 6.45) is 6.76. The molecule has 1 nitrogen and oxygen atoms in total. The molecule has 1 aromatic rings. The van der Waals surface area contributed by atoms with E-state index in [4.69, 9.17) is 0 Å². The van der Waals surface area contributed by atoms with Crippen LogP contribution in [0.3, 0.4) is 0 Å². The predicted octanol–water partition coefficient (Wildman–Crippen LogP) is 3.62. The van der Waals surface area contributed by atoms with Gasteiger partial charge in [0.25, 0.3) is 0 Å². The molecule has 2 aliphatic carbocycles. The second-order valence-electron chi connectivity index (χ2n) is 6.59. The zero-order valence-corrected chi connectivity index (χ0v) is 12.5. The van der Waals surface area contributed by atoms with Gasteiger partial charge in [-0.3, -0.25) is 0 Å². The maximum absolute atomic E-state index is 3.96. The van der Waals surface area contributed by atoms with Crippen LogP contribution in [-0.2, 0) is 12.8 Å². The van der Waals surface area contributed by atoms with Gasteiger partial charge >= 0.3 is 0 Å². The van der Waals surface area contributed by atoms with E-state index in [-0.39, 0.29) is 0 Å². The first-order valence-electron chi connectivity index (χ1n) is 7.77. The van der Waals surface area contributed by atoms with Gasteiger partial charge in [-0.05, 0) is 61.6 Å². The van der Waals surface area contributed by atoms with Crippen LogP contribution in [0.2, 0.25) is 0 Å². The molecule has 1 aliphatic heterocycles. The lowest BCUT2D eigenvalue weighted by molar-refractivity contribution is 0.289. The summed E-state index contributed by atoms with van der Waals surface area (Å²) in [5.41, 5.74) is 3.24. The highest BCUT2D eigenvalue weighted by Gasteiger charge is 2.53. The maximum Gasteiger partial charge on any atom is 0.0711 e. The zero-order chi connectivity index (χ0) is 12.9. The highest BCUT2D eigenvalue weighted by atomic mass is 32.2. The fourth-order valence-corrected chi connectivity index (χ4v) is 6.42. The van der Waals surface area contributed by atoms with Crippen molar-refractivity contribution in [1.82, 2.24) is 5.32 Å². The first kappa shape index (κ1) is 12.3.